The molecular weight excluding hydrogens is 421 g/mol. The van der Waals surface area contributed by atoms with Crippen molar-refractivity contribution in [2.45, 2.75) is 31.4 Å². The largest absolute Gasteiger partial charge is 0.431 e. The lowest BCUT2D eigenvalue weighted by molar-refractivity contribution is -0.0906. The van der Waals surface area contributed by atoms with Crippen LogP contribution in [0.2, 0.25) is 0 Å². The zero-order chi connectivity index (χ0) is 17.8. The molecule has 1 spiro atoms. The van der Waals surface area contributed by atoms with E-state index in [0.717, 1.165) is 12.0 Å². The van der Waals surface area contributed by atoms with Gasteiger partial charge in [-0.3, -0.25) is 4.99 Å². The number of nitrogens with zero attached hydrogens (tertiary/aromatic N) is 2. The van der Waals surface area contributed by atoms with Crippen molar-refractivity contribution in [1.82, 2.24) is 4.90 Å². The van der Waals surface area contributed by atoms with Crippen LogP contribution in [0.1, 0.15) is 24.0 Å². The minimum Gasteiger partial charge on any atom is -0.431 e. The number of benzene rings is 1. The third-order valence-corrected chi connectivity index (χ3v) is 5.54. The van der Waals surface area contributed by atoms with E-state index in [4.69, 9.17) is 16.6 Å². The first kappa shape index (κ1) is 17.0. The van der Waals surface area contributed by atoms with Gasteiger partial charge >= 0.3 is 6.61 Å². The SMILES string of the molecule is Fc1c(Br)ccc2c1CCC[C@@]21CN2C=C(Cl)C=C(OC(F)F)C2=N1. The van der Waals surface area contributed by atoms with Gasteiger partial charge in [-0.1, -0.05) is 17.7 Å². The van der Waals surface area contributed by atoms with Gasteiger partial charge in [-0.2, -0.15) is 8.78 Å². The Labute approximate surface area is 155 Å². The number of alkyl halides is 2. The van der Waals surface area contributed by atoms with Crippen molar-refractivity contribution < 1.29 is 17.9 Å². The molecule has 1 aliphatic carbocycles. The highest BCUT2D eigenvalue weighted by Crippen LogP contribution is 2.46. The fourth-order valence-electron chi connectivity index (χ4n) is 3.77. The summed E-state index contributed by atoms with van der Waals surface area (Å²) in [6.45, 7) is -2.56. The highest BCUT2D eigenvalue weighted by atomic mass is 79.9. The number of rotatable bonds is 2. The average Bonchev–Trinajstić information content (AvgIpc) is 2.90. The van der Waals surface area contributed by atoms with Crippen molar-refractivity contribution in [3.05, 3.63) is 56.6 Å². The number of ether oxygens (including phenoxy) is 1. The third-order valence-electron chi connectivity index (χ3n) is 4.72. The molecule has 3 aliphatic rings. The Balaban J connectivity index is 1.81. The number of aliphatic imine (C=N–C) groups is 1. The summed E-state index contributed by atoms with van der Waals surface area (Å²) in [5.41, 5.74) is 0.731. The number of hydrogen-bond acceptors (Lipinski definition) is 3. The van der Waals surface area contributed by atoms with E-state index in [1.165, 1.54) is 6.08 Å². The quantitative estimate of drug-likeness (QED) is 0.652. The van der Waals surface area contributed by atoms with E-state index in [2.05, 4.69) is 20.7 Å². The monoisotopic (exact) mass is 432 g/mol. The molecule has 0 bridgehead atoms. The number of hydrogen-bond donors (Lipinski definition) is 0. The Kier molecular flexibility index (Phi) is 4.11. The smallest absolute Gasteiger partial charge is 0.387 e. The summed E-state index contributed by atoms with van der Waals surface area (Å²) in [6, 6.07) is 3.51. The molecule has 0 saturated carbocycles. The van der Waals surface area contributed by atoms with Crippen molar-refractivity contribution in [3.8, 4) is 0 Å². The summed E-state index contributed by atoms with van der Waals surface area (Å²) >= 11 is 9.25. The standard InChI is InChI=1S/C17H13BrClF3N2O/c18-12-4-3-11-10(14(12)20)2-1-5-17(11)8-24-7-9(19)6-13(15(24)23-17)25-16(21)22/h3-4,6-7,16H,1-2,5,8H2/t17-/m1/s1. The van der Waals surface area contributed by atoms with Gasteiger partial charge in [0.1, 0.15) is 11.4 Å². The van der Waals surface area contributed by atoms with Crippen LogP contribution in [0.15, 0.2) is 44.7 Å². The van der Waals surface area contributed by atoms with E-state index in [9.17, 15) is 13.2 Å². The summed E-state index contributed by atoms with van der Waals surface area (Å²) < 4.78 is 45.0. The molecule has 0 fully saturated rings. The second kappa shape index (κ2) is 6.06. The van der Waals surface area contributed by atoms with Crippen LogP contribution in [-0.4, -0.2) is 23.9 Å². The van der Waals surface area contributed by atoms with E-state index >= 15 is 0 Å². The molecule has 2 aliphatic heterocycles. The number of amidine groups is 1. The molecule has 25 heavy (non-hydrogen) atoms. The molecule has 1 aromatic rings. The molecule has 8 heteroatoms. The Morgan fingerprint density at radius 3 is 2.92 bits per heavy atom. The van der Waals surface area contributed by atoms with Crippen molar-refractivity contribution >= 4 is 33.4 Å². The molecule has 4 rings (SSSR count). The van der Waals surface area contributed by atoms with Crippen molar-refractivity contribution in [2.24, 2.45) is 4.99 Å². The van der Waals surface area contributed by atoms with Gasteiger partial charge in [-0.05, 0) is 52.4 Å². The average molecular weight is 434 g/mol. The third kappa shape index (κ3) is 2.77. The van der Waals surface area contributed by atoms with E-state index < -0.39 is 12.2 Å². The number of allylic oxidation sites excluding steroid dienone is 2. The van der Waals surface area contributed by atoms with Crippen LogP contribution in [-0.2, 0) is 16.7 Å². The maximum Gasteiger partial charge on any atom is 0.387 e. The summed E-state index contributed by atoms with van der Waals surface area (Å²) in [7, 11) is 0. The molecule has 0 amide bonds. The Morgan fingerprint density at radius 2 is 2.16 bits per heavy atom. The highest BCUT2D eigenvalue weighted by Gasteiger charge is 2.46. The minimum absolute atomic E-state index is 0.0657. The lowest BCUT2D eigenvalue weighted by atomic mass is 9.77. The maximum absolute atomic E-state index is 14.5. The van der Waals surface area contributed by atoms with Gasteiger partial charge in [0.05, 0.1) is 16.0 Å². The van der Waals surface area contributed by atoms with E-state index in [1.54, 1.807) is 17.2 Å². The minimum atomic E-state index is -2.97. The molecule has 0 aromatic heterocycles. The second-order valence-electron chi connectivity index (χ2n) is 6.24. The molecule has 132 valence electrons. The molecule has 1 aromatic carbocycles. The second-order valence-corrected chi connectivity index (χ2v) is 7.53. The van der Waals surface area contributed by atoms with Gasteiger partial charge in [-0.15, -0.1) is 0 Å². The molecule has 2 heterocycles. The summed E-state index contributed by atoms with van der Waals surface area (Å²) in [5, 5.41) is 0.282. The number of halogens is 5. The zero-order valence-corrected chi connectivity index (χ0v) is 15.2. The molecular formula is C17H13BrClF3N2O. The van der Waals surface area contributed by atoms with Crippen LogP contribution < -0.4 is 0 Å². The van der Waals surface area contributed by atoms with Crippen molar-refractivity contribution in [2.75, 3.05) is 6.54 Å². The molecule has 1 atom stereocenters. The van der Waals surface area contributed by atoms with Gasteiger partial charge in [0.15, 0.2) is 11.6 Å². The topological polar surface area (TPSA) is 24.8 Å². The normalized spacial score (nSPS) is 24.7. The van der Waals surface area contributed by atoms with Crippen molar-refractivity contribution in [1.29, 1.82) is 0 Å². The fraction of sp³-hybridized carbons (Fsp3) is 0.353. The summed E-state index contributed by atoms with van der Waals surface area (Å²) in [6.07, 6.45) is 5.05. The van der Waals surface area contributed by atoms with Gasteiger partial charge in [-0.25, -0.2) is 4.39 Å². The summed E-state index contributed by atoms with van der Waals surface area (Å²) in [4.78, 5) is 6.42. The van der Waals surface area contributed by atoms with Gasteiger partial charge in [0, 0.05) is 12.3 Å². The molecule has 0 N–H and O–H groups in total. The van der Waals surface area contributed by atoms with Gasteiger partial charge < -0.3 is 9.64 Å². The molecule has 0 radical (unpaired) electrons. The molecule has 3 nitrogen and oxygen atoms in total. The first-order chi connectivity index (χ1) is 11.9. The van der Waals surface area contributed by atoms with Gasteiger partial charge in [0.2, 0.25) is 0 Å². The van der Waals surface area contributed by atoms with Crippen LogP contribution in [0.3, 0.4) is 0 Å². The highest BCUT2D eigenvalue weighted by molar-refractivity contribution is 9.10. The molecule has 0 unspecified atom stereocenters. The van der Waals surface area contributed by atoms with Crippen molar-refractivity contribution in [3.63, 3.8) is 0 Å². The first-order valence-corrected chi connectivity index (χ1v) is 8.95. The van der Waals surface area contributed by atoms with Crippen LogP contribution in [0.4, 0.5) is 13.2 Å². The predicted molar refractivity (Wildman–Crippen MR) is 92.0 cm³/mol. The maximum atomic E-state index is 14.5. The lowest BCUT2D eigenvalue weighted by Crippen LogP contribution is -2.36. The van der Waals surface area contributed by atoms with Crippen LogP contribution in [0.25, 0.3) is 0 Å². The fourth-order valence-corrected chi connectivity index (χ4v) is 4.36. The van der Waals surface area contributed by atoms with Crippen LogP contribution in [0, 0.1) is 5.82 Å². The van der Waals surface area contributed by atoms with Gasteiger partial charge in [0.25, 0.3) is 0 Å². The van der Waals surface area contributed by atoms with E-state index in [1.807, 2.05) is 6.07 Å². The Bertz CT molecular complexity index is 839. The first-order valence-electron chi connectivity index (χ1n) is 7.78. The predicted octanol–water partition coefficient (Wildman–Crippen LogP) is 5.05. The lowest BCUT2D eigenvalue weighted by Gasteiger charge is -2.34. The molecule has 0 saturated heterocycles. The summed E-state index contributed by atoms with van der Waals surface area (Å²) in [5.74, 6) is -0.0419. The Hall–Kier alpha value is -1.47. The zero-order valence-electron chi connectivity index (χ0n) is 12.9. The van der Waals surface area contributed by atoms with Crippen LogP contribution >= 0.6 is 27.5 Å². The van der Waals surface area contributed by atoms with E-state index in [-0.39, 0.29) is 16.6 Å². The van der Waals surface area contributed by atoms with Crippen LogP contribution in [0.5, 0.6) is 0 Å². The Morgan fingerprint density at radius 1 is 1.36 bits per heavy atom. The van der Waals surface area contributed by atoms with E-state index in [0.29, 0.717) is 35.3 Å². The number of fused-ring (bicyclic) bond motifs is 3.